The van der Waals surface area contributed by atoms with E-state index >= 15 is 0 Å². The second kappa shape index (κ2) is 12.1. The Hall–Kier alpha value is -3.36. The van der Waals surface area contributed by atoms with Crippen LogP contribution >= 0.6 is 0 Å². The van der Waals surface area contributed by atoms with E-state index < -0.39 is 39.6 Å². The Balaban J connectivity index is 1.10. The van der Waals surface area contributed by atoms with E-state index in [1.54, 1.807) is 0 Å². The number of benzene rings is 2. The van der Waals surface area contributed by atoms with Gasteiger partial charge in [0.1, 0.15) is 0 Å². The second-order valence-corrected chi connectivity index (χ2v) is 19.6. The van der Waals surface area contributed by atoms with E-state index in [1.165, 1.54) is 18.9 Å². The number of rotatable bonds is 7. The zero-order valence-corrected chi connectivity index (χ0v) is 32.2. The average molecular weight is 739 g/mol. The smallest absolute Gasteiger partial charge is 0.321 e. The minimum absolute atomic E-state index is 0.0608. The molecule has 2 spiro atoms. The summed E-state index contributed by atoms with van der Waals surface area (Å²) in [4.78, 5) is 31.0. The number of ketones is 1. The standard InChI is InChI=1S/C46H56F2N2O4/c1-41(2)30-12-10-29(33(41)23-30)26-50(40(53)49-31-8-6-5-7-9-31)27-45(54)19-16-38-43(45,4)18-15-37-42(3)17-14-32(51)24-44(42)20-21-46(37,38)34(25-44)39(52)28-11-13-35(47)36(48)22-28/h5-9,11,13,20-22,25,29-30,32-33,37-38,51,54H,10,12,14-19,23-24,26-27H2,1-4H3,(H,49,53)/t29-,30-,32?,33-,37+,38+,42+,43-,44-,45+,46+/m0/s1. The number of carbonyl (C=O) groups excluding carboxylic acids is 2. The fourth-order valence-corrected chi connectivity index (χ4v) is 14.1. The lowest BCUT2D eigenvalue weighted by atomic mass is 9.32. The van der Waals surface area contributed by atoms with Crippen molar-refractivity contribution in [2.45, 2.75) is 104 Å². The Labute approximate surface area is 318 Å². The van der Waals surface area contributed by atoms with Crippen LogP contribution in [0.1, 0.15) is 102 Å². The fraction of sp³-hybridized carbons (Fsp3) is 0.609. The van der Waals surface area contributed by atoms with Gasteiger partial charge in [-0.25, -0.2) is 13.6 Å². The number of fused-ring (bicyclic) bond motifs is 3. The molecule has 288 valence electrons. The third-order valence-electron chi connectivity index (χ3n) is 17.4. The number of aliphatic hydroxyl groups excluding tert-OH is 1. The molecule has 0 saturated heterocycles. The number of nitrogens with one attached hydrogen (secondary N) is 1. The number of nitrogens with zero attached hydrogens (tertiary/aromatic N) is 1. The first-order valence-electron chi connectivity index (χ1n) is 20.5. The van der Waals surface area contributed by atoms with E-state index in [-0.39, 0.29) is 46.6 Å². The first-order valence-corrected chi connectivity index (χ1v) is 20.5. The maximum Gasteiger partial charge on any atom is 0.321 e. The number of urea groups is 1. The van der Waals surface area contributed by atoms with E-state index in [4.69, 9.17) is 0 Å². The van der Waals surface area contributed by atoms with Crippen LogP contribution in [0.4, 0.5) is 19.3 Å². The molecule has 0 aromatic heterocycles. The number of Topliss-reactive ketones (excluding diaryl/α,β-unsaturated/α-hetero) is 1. The molecule has 3 N–H and O–H groups in total. The predicted molar refractivity (Wildman–Crippen MR) is 204 cm³/mol. The van der Waals surface area contributed by atoms with Gasteiger partial charge in [0.25, 0.3) is 0 Å². The summed E-state index contributed by atoms with van der Waals surface area (Å²) in [5.41, 5.74) is -1.71. The van der Waals surface area contributed by atoms with Crippen molar-refractivity contribution in [1.29, 1.82) is 0 Å². The second-order valence-electron chi connectivity index (χ2n) is 19.6. The van der Waals surface area contributed by atoms with Crippen molar-refractivity contribution in [3.05, 3.63) is 89.5 Å². The quantitative estimate of drug-likeness (QED) is 0.195. The molecule has 54 heavy (non-hydrogen) atoms. The summed E-state index contributed by atoms with van der Waals surface area (Å²) in [6.07, 6.45) is 14.2. The minimum atomic E-state index is -1.22. The SMILES string of the molecule is CC1(C)[C@H]2CC[C@@H](CN(C[C@]3(O)CC[C@H]4[C@]56C=C[C@@]7(C=C5C(=O)c5ccc(F)c(F)c5)CC(O)CC[C@]7(C)[C@H]6CC[C@@]43C)C(=O)Nc3ccccc3)[C@@H]1C2. The van der Waals surface area contributed by atoms with Crippen LogP contribution in [0.5, 0.6) is 0 Å². The summed E-state index contributed by atoms with van der Waals surface area (Å²) in [7, 11) is 0. The zero-order valence-electron chi connectivity index (χ0n) is 32.2. The van der Waals surface area contributed by atoms with Crippen LogP contribution in [-0.2, 0) is 0 Å². The maximum atomic E-state index is 14.8. The molecule has 6 fully saturated rings. The lowest BCUT2D eigenvalue weighted by molar-refractivity contribution is -0.176. The Bertz CT molecular complexity index is 1940. The molecule has 1 unspecified atom stereocenters. The van der Waals surface area contributed by atoms with Crippen LogP contribution in [0.3, 0.4) is 0 Å². The third-order valence-corrected chi connectivity index (χ3v) is 17.4. The molecule has 4 bridgehead atoms. The van der Waals surface area contributed by atoms with Crippen LogP contribution in [0, 0.1) is 68.3 Å². The Morgan fingerprint density at radius 3 is 2.31 bits per heavy atom. The molecule has 2 aromatic carbocycles. The van der Waals surface area contributed by atoms with Gasteiger partial charge in [0.15, 0.2) is 17.4 Å². The highest BCUT2D eigenvalue weighted by Gasteiger charge is 2.74. The molecular weight excluding hydrogens is 683 g/mol. The van der Waals surface area contributed by atoms with Gasteiger partial charge >= 0.3 is 6.03 Å². The topological polar surface area (TPSA) is 89.9 Å². The summed E-state index contributed by atoms with van der Waals surface area (Å²) >= 11 is 0. The molecule has 6 saturated carbocycles. The molecule has 0 aliphatic heterocycles. The summed E-state index contributed by atoms with van der Waals surface area (Å²) in [6, 6.07) is 12.7. The van der Waals surface area contributed by atoms with Gasteiger partial charge in [0.2, 0.25) is 0 Å². The molecular formula is C46H56F2N2O4. The van der Waals surface area contributed by atoms with E-state index in [1.807, 2.05) is 35.2 Å². The Morgan fingerprint density at radius 2 is 1.59 bits per heavy atom. The molecule has 0 radical (unpaired) electrons. The van der Waals surface area contributed by atoms with Gasteiger partial charge in [-0.3, -0.25) is 4.79 Å². The molecule has 9 aliphatic rings. The number of halogens is 2. The van der Waals surface area contributed by atoms with Gasteiger partial charge in [-0.1, -0.05) is 64.1 Å². The number of hydrogen-bond acceptors (Lipinski definition) is 4. The Morgan fingerprint density at radius 1 is 0.870 bits per heavy atom. The van der Waals surface area contributed by atoms with E-state index in [0.717, 1.165) is 49.4 Å². The number of hydrogen-bond donors (Lipinski definition) is 3. The summed E-state index contributed by atoms with van der Waals surface area (Å²) in [5, 5.41) is 27.4. The summed E-state index contributed by atoms with van der Waals surface area (Å²) < 4.78 is 28.8. The molecule has 8 heteroatoms. The summed E-state index contributed by atoms with van der Waals surface area (Å²) in [5.74, 6) is -0.804. The molecule has 2 aromatic rings. The number of anilines is 1. The first kappa shape index (κ1) is 36.3. The van der Waals surface area contributed by atoms with Crippen LogP contribution in [0.15, 0.2) is 72.3 Å². The predicted octanol–water partition coefficient (Wildman–Crippen LogP) is 9.35. The van der Waals surface area contributed by atoms with Gasteiger partial charge in [-0.2, -0.15) is 0 Å². The largest absolute Gasteiger partial charge is 0.393 e. The molecule has 6 nitrogen and oxygen atoms in total. The van der Waals surface area contributed by atoms with Crippen molar-refractivity contribution in [2.24, 2.45) is 56.7 Å². The lowest BCUT2D eigenvalue weighted by Gasteiger charge is -2.71. The highest BCUT2D eigenvalue weighted by molar-refractivity contribution is 6.10. The van der Waals surface area contributed by atoms with Gasteiger partial charge in [0, 0.05) is 39.6 Å². The van der Waals surface area contributed by atoms with Crippen molar-refractivity contribution in [1.82, 2.24) is 4.90 Å². The first-order chi connectivity index (χ1) is 25.6. The van der Waals surface area contributed by atoms with E-state index in [9.17, 15) is 28.6 Å². The van der Waals surface area contributed by atoms with Crippen molar-refractivity contribution in [3.63, 3.8) is 0 Å². The number of amides is 2. The highest BCUT2D eigenvalue weighted by Crippen LogP contribution is 2.78. The average Bonchev–Trinajstić information content (AvgIpc) is 3.42. The minimum Gasteiger partial charge on any atom is -0.393 e. The van der Waals surface area contributed by atoms with Crippen molar-refractivity contribution in [2.75, 3.05) is 18.4 Å². The molecule has 9 aliphatic carbocycles. The van der Waals surface area contributed by atoms with Crippen LogP contribution < -0.4 is 5.32 Å². The van der Waals surface area contributed by atoms with Crippen molar-refractivity contribution < 1.29 is 28.6 Å². The van der Waals surface area contributed by atoms with Crippen LogP contribution in [0.2, 0.25) is 0 Å². The van der Waals surface area contributed by atoms with Gasteiger partial charge in [-0.15, -0.1) is 0 Å². The summed E-state index contributed by atoms with van der Waals surface area (Å²) in [6.45, 7) is 10.0. The third kappa shape index (κ3) is 4.86. The number of carbonyl (C=O) groups is 2. The number of allylic oxidation sites excluding steroid dienone is 4. The monoisotopic (exact) mass is 738 g/mol. The maximum absolute atomic E-state index is 14.8. The lowest BCUT2D eigenvalue weighted by Crippen LogP contribution is -2.67. The van der Waals surface area contributed by atoms with Gasteiger partial charge < -0.3 is 20.4 Å². The van der Waals surface area contributed by atoms with Gasteiger partial charge in [0.05, 0.1) is 18.2 Å². The number of aliphatic hydroxyl groups is 2. The normalized spacial score (nSPS) is 42.2. The van der Waals surface area contributed by atoms with E-state index in [0.29, 0.717) is 49.6 Å². The highest BCUT2D eigenvalue weighted by atomic mass is 19.2. The van der Waals surface area contributed by atoms with Crippen LogP contribution in [0.25, 0.3) is 0 Å². The molecule has 11 atom stereocenters. The van der Waals surface area contributed by atoms with E-state index in [2.05, 4.69) is 51.2 Å². The molecule has 0 heterocycles. The molecule has 2 amide bonds. The Kier molecular flexibility index (Phi) is 8.11. The van der Waals surface area contributed by atoms with Gasteiger partial charge in [-0.05, 0) is 135 Å². The zero-order chi connectivity index (χ0) is 38.1. The number of para-hydroxylation sites is 1. The van der Waals surface area contributed by atoms with Crippen LogP contribution in [-0.4, -0.2) is 51.7 Å². The molecule has 11 rings (SSSR count). The van der Waals surface area contributed by atoms with Crippen molar-refractivity contribution in [3.8, 4) is 0 Å². The fourth-order valence-electron chi connectivity index (χ4n) is 14.1. The van der Waals surface area contributed by atoms with Crippen molar-refractivity contribution >= 4 is 17.5 Å².